The molecule has 2 heterocycles. The molecule has 4 rings (SSSR count). The molecule has 1 fully saturated rings. The van der Waals surface area contributed by atoms with Gasteiger partial charge in [0.1, 0.15) is 0 Å². The van der Waals surface area contributed by atoms with Crippen LogP contribution in [0.25, 0.3) is 11.3 Å². The Morgan fingerprint density at radius 3 is 2.20 bits per heavy atom. The quantitative estimate of drug-likeness (QED) is 0.452. The minimum atomic E-state index is -3.46. The maximum Gasteiger partial charge on any atom is 0.243 e. The normalized spacial score (nSPS) is 15.5. The van der Waals surface area contributed by atoms with Crippen LogP contribution >= 0.6 is 27.3 Å². The third-order valence-corrected chi connectivity index (χ3v) is 8.84. The monoisotopic (exact) mass is 505 g/mol. The summed E-state index contributed by atoms with van der Waals surface area (Å²) in [5, 5.41) is 3.73. The number of nitrogens with zero attached hydrogens (tertiary/aromatic N) is 3. The molecular formula is C22H24BrN3O2S2. The Bertz CT molecular complexity index is 1090. The summed E-state index contributed by atoms with van der Waals surface area (Å²) in [6.45, 7) is 4.35. The van der Waals surface area contributed by atoms with Crippen LogP contribution in [0.2, 0.25) is 0 Å². The molecule has 0 N–H and O–H groups in total. The van der Waals surface area contributed by atoms with E-state index in [1.807, 2.05) is 12.1 Å². The molecule has 0 aliphatic carbocycles. The van der Waals surface area contributed by atoms with Gasteiger partial charge in [0, 0.05) is 42.5 Å². The Kier molecular flexibility index (Phi) is 6.57. The first-order chi connectivity index (χ1) is 14.5. The molecule has 158 valence electrons. The largest absolute Gasteiger partial charge is 0.345 e. The van der Waals surface area contributed by atoms with Crippen LogP contribution in [-0.4, -0.2) is 43.9 Å². The fourth-order valence-corrected chi connectivity index (χ4v) is 6.16. The molecule has 0 atom stereocenters. The van der Waals surface area contributed by atoms with Crippen molar-refractivity contribution in [2.45, 2.75) is 23.6 Å². The van der Waals surface area contributed by atoms with Crippen LogP contribution in [0.4, 0.5) is 5.13 Å². The Morgan fingerprint density at radius 2 is 1.60 bits per heavy atom. The van der Waals surface area contributed by atoms with Crippen molar-refractivity contribution < 1.29 is 8.42 Å². The van der Waals surface area contributed by atoms with Gasteiger partial charge in [0.2, 0.25) is 10.0 Å². The molecule has 0 radical (unpaired) electrons. The van der Waals surface area contributed by atoms with Gasteiger partial charge in [0.25, 0.3) is 0 Å². The summed E-state index contributed by atoms with van der Waals surface area (Å²) in [6.07, 6.45) is 1.02. The number of sulfonamides is 1. The molecule has 5 nitrogen and oxygen atoms in total. The van der Waals surface area contributed by atoms with E-state index >= 15 is 0 Å². The van der Waals surface area contributed by atoms with Gasteiger partial charge in [-0.15, -0.1) is 11.3 Å². The highest BCUT2D eigenvalue weighted by atomic mass is 79.9. The molecule has 2 aromatic carbocycles. The fraction of sp³-hybridized carbons (Fsp3) is 0.318. The Morgan fingerprint density at radius 1 is 0.967 bits per heavy atom. The molecule has 0 saturated carbocycles. The number of anilines is 1. The molecule has 0 amide bonds. The highest BCUT2D eigenvalue weighted by molar-refractivity contribution is 9.08. The number of halogens is 1. The minimum Gasteiger partial charge on any atom is -0.345 e. The summed E-state index contributed by atoms with van der Waals surface area (Å²) >= 11 is 5.00. The zero-order chi connectivity index (χ0) is 21.1. The van der Waals surface area contributed by atoms with Gasteiger partial charge in [-0.2, -0.15) is 4.31 Å². The number of aromatic nitrogens is 1. The summed E-state index contributed by atoms with van der Waals surface area (Å²) in [5.74, 6) is 0. The third-order valence-electron chi connectivity index (χ3n) is 5.37. The summed E-state index contributed by atoms with van der Waals surface area (Å²) in [5.41, 5.74) is 4.46. The second-order valence-electron chi connectivity index (χ2n) is 7.23. The van der Waals surface area contributed by atoms with Crippen molar-refractivity contribution in [1.82, 2.24) is 9.29 Å². The summed E-state index contributed by atoms with van der Waals surface area (Å²) in [7, 11) is -3.46. The molecule has 0 spiro atoms. The van der Waals surface area contributed by atoms with Crippen LogP contribution in [0.5, 0.6) is 0 Å². The number of piperazine rings is 1. The van der Waals surface area contributed by atoms with E-state index in [1.54, 1.807) is 27.8 Å². The first-order valence-electron chi connectivity index (χ1n) is 9.96. The van der Waals surface area contributed by atoms with Crippen molar-refractivity contribution >= 4 is 42.4 Å². The number of hydrogen-bond donors (Lipinski definition) is 0. The standard InChI is InChI=1S/C22H24BrN3O2S2/c1-2-17-3-7-19(8-4-17)21-16-29-22(24-21)25-11-13-26(14-12-25)30(27,28)20-9-5-18(15-23)6-10-20/h3-10,16H,2,11-15H2,1H3. The van der Waals surface area contributed by atoms with Gasteiger partial charge < -0.3 is 4.90 Å². The van der Waals surface area contributed by atoms with Gasteiger partial charge in [-0.3, -0.25) is 0 Å². The van der Waals surface area contributed by atoms with Crippen molar-refractivity contribution in [3.05, 3.63) is 65.0 Å². The number of thiazole rings is 1. The zero-order valence-electron chi connectivity index (χ0n) is 16.8. The Balaban J connectivity index is 1.42. The number of aryl methyl sites for hydroxylation is 1. The average Bonchev–Trinajstić information content (AvgIpc) is 3.29. The minimum absolute atomic E-state index is 0.354. The van der Waals surface area contributed by atoms with Crippen molar-refractivity contribution in [2.24, 2.45) is 0 Å². The van der Waals surface area contributed by atoms with Crippen molar-refractivity contribution in [2.75, 3.05) is 31.1 Å². The van der Waals surface area contributed by atoms with Gasteiger partial charge in [-0.1, -0.05) is 59.3 Å². The molecule has 8 heteroatoms. The molecule has 0 bridgehead atoms. The van der Waals surface area contributed by atoms with Crippen LogP contribution < -0.4 is 4.90 Å². The first kappa shape index (κ1) is 21.5. The van der Waals surface area contributed by atoms with E-state index in [0.717, 1.165) is 28.4 Å². The average molecular weight is 506 g/mol. The van der Waals surface area contributed by atoms with Crippen LogP contribution in [0, 0.1) is 0 Å². The lowest BCUT2D eigenvalue weighted by Gasteiger charge is -2.33. The van der Waals surface area contributed by atoms with Crippen molar-refractivity contribution in [1.29, 1.82) is 0 Å². The molecule has 1 saturated heterocycles. The summed E-state index contributed by atoms with van der Waals surface area (Å²) in [6, 6.07) is 15.6. The Hall–Kier alpha value is -1.74. The lowest BCUT2D eigenvalue weighted by molar-refractivity contribution is 0.385. The molecule has 1 aliphatic rings. The van der Waals surface area contributed by atoms with Gasteiger partial charge in [0.15, 0.2) is 5.13 Å². The van der Waals surface area contributed by atoms with Gasteiger partial charge in [0.05, 0.1) is 10.6 Å². The topological polar surface area (TPSA) is 53.5 Å². The Labute approximate surface area is 190 Å². The van der Waals surface area contributed by atoms with E-state index in [1.165, 1.54) is 5.56 Å². The smallest absolute Gasteiger partial charge is 0.243 e. The van der Waals surface area contributed by atoms with Gasteiger partial charge >= 0.3 is 0 Å². The van der Waals surface area contributed by atoms with Gasteiger partial charge in [-0.05, 0) is 29.7 Å². The van der Waals surface area contributed by atoms with Crippen LogP contribution in [-0.2, 0) is 21.8 Å². The maximum atomic E-state index is 13.0. The second-order valence-corrected chi connectivity index (χ2v) is 10.6. The first-order valence-corrected chi connectivity index (χ1v) is 13.4. The van der Waals surface area contributed by atoms with E-state index in [-0.39, 0.29) is 0 Å². The van der Waals surface area contributed by atoms with E-state index in [2.05, 4.69) is 57.4 Å². The van der Waals surface area contributed by atoms with Gasteiger partial charge in [-0.25, -0.2) is 13.4 Å². The van der Waals surface area contributed by atoms with Crippen LogP contribution in [0.1, 0.15) is 18.1 Å². The summed E-state index contributed by atoms with van der Waals surface area (Å²) in [4.78, 5) is 7.33. The van der Waals surface area contributed by atoms with Crippen molar-refractivity contribution in [3.8, 4) is 11.3 Å². The number of benzene rings is 2. The van der Waals surface area contributed by atoms with Crippen LogP contribution in [0.3, 0.4) is 0 Å². The number of rotatable bonds is 6. The molecule has 1 aromatic heterocycles. The lowest BCUT2D eigenvalue weighted by Crippen LogP contribution is -2.48. The van der Waals surface area contributed by atoms with E-state index in [0.29, 0.717) is 36.4 Å². The highest BCUT2D eigenvalue weighted by Gasteiger charge is 2.29. The maximum absolute atomic E-state index is 13.0. The molecule has 1 aliphatic heterocycles. The summed E-state index contributed by atoms with van der Waals surface area (Å²) < 4.78 is 27.5. The molecular weight excluding hydrogens is 482 g/mol. The highest BCUT2D eigenvalue weighted by Crippen LogP contribution is 2.29. The number of hydrogen-bond acceptors (Lipinski definition) is 5. The second kappa shape index (κ2) is 9.18. The SMILES string of the molecule is CCc1ccc(-c2csc(N3CCN(S(=O)(=O)c4ccc(CBr)cc4)CC3)n2)cc1. The lowest BCUT2D eigenvalue weighted by atomic mass is 10.1. The molecule has 3 aromatic rings. The number of alkyl halides is 1. The van der Waals surface area contributed by atoms with E-state index in [4.69, 9.17) is 4.98 Å². The molecule has 0 unspecified atom stereocenters. The molecule has 30 heavy (non-hydrogen) atoms. The van der Waals surface area contributed by atoms with E-state index < -0.39 is 10.0 Å². The van der Waals surface area contributed by atoms with Crippen molar-refractivity contribution in [3.63, 3.8) is 0 Å². The third kappa shape index (κ3) is 4.46. The predicted molar refractivity (Wildman–Crippen MR) is 127 cm³/mol. The zero-order valence-corrected chi connectivity index (χ0v) is 20.0. The fourth-order valence-electron chi connectivity index (χ4n) is 3.47. The van der Waals surface area contributed by atoms with Crippen LogP contribution in [0.15, 0.2) is 58.8 Å². The predicted octanol–water partition coefficient (Wildman–Crippen LogP) is 4.78. The van der Waals surface area contributed by atoms with E-state index in [9.17, 15) is 8.42 Å².